The van der Waals surface area contributed by atoms with E-state index in [1.54, 1.807) is 36.4 Å². The molecule has 0 saturated carbocycles. The zero-order chi connectivity index (χ0) is 23.6. The van der Waals surface area contributed by atoms with Crippen molar-refractivity contribution >= 4 is 29.3 Å². The number of methoxy groups -OCH3 is 1. The summed E-state index contributed by atoms with van der Waals surface area (Å²) in [6.45, 7) is 2.72. The lowest BCUT2D eigenvalue weighted by Crippen LogP contribution is -2.13. The van der Waals surface area contributed by atoms with Crippen LogP contribution in [0.4, 0.5) is 5.69 Å². The van der Waals surface area contributed by atoms with Crippen molar-refractivity contribution in [3.63, 3.8) is 0 Å². The molecule has 0 bridgehead atoms. The molecule has 0 aliphatic heterocycles. The second-order valence-corrected chi connectivity index (χ2v) is 7.29. The second kappa shape index (κ2) is 11.6. The molecule has 0 aliphatic rings. The molecule has 6 nitrogen and oxygen atoms in total. The normalized spacial score (nSPS) is 10.8. The number of hydrogen-bond acceptors (Lipinski definition) is 5. The second-order valence-electron chi connectivity index (χ2n) is 6.88. The Bertz CT molecular complexity index is 1170. The van der Waals surface area contributed by atoms with Gasteiger partial charge in [-0.05, 0) is 54.5 Å². The summed E-state index contributed by atoms with van der Waals surface area (Å²) in [4.78, 5) is 12.7. The maximum absolute atomic E-state index is 12.7. The molecule has 0 heterocycles. The number of rotatable bonds is 9. The van der Waals surface area contributed by atoms with Gasteiger partial charge in [0, 0.05) is 11.8 Å². The van der Waals surface area contributed by atoms with E-state index in [1.165, 1.54) is 13.2 Å². The van der Waals surface area contributed by atoms with Gasteiger partial charge in [-0.1, -0.05) is 41.9 Å². The first-order valence-corrected chi connectivity index (χ1v) is 10.6. The summed E-state index contributed by atoms with van der Waals surface area (Å²) >= 11 is 6.30. The first-order valence-electron chi connectivity index (χ1n) is 10.2. The molecular formula is C26H23ClN2O4. The molecule has 0 atom stereocenters. The van der Waals surface area contributed by atoms with Crippen molar-refractivity contribution in [2.24, 2.45) is 0 Å². The Morgan fingerprint density at radius 3 is 2.42 bits per heavy atom. The molecule has 3 aromatic carbocycles. The number of amides is 1. The maximum Gasteiger partial charge on any atom is 0.266 e. The summed E-state index contributed by atoms with van der Waals surface area (Å²) in [5.41, 5.74) is 1.96. The van der Waals surface area contributed by atoms with E-state index in [1.807, 2.05) is 43.3 Å². The number of nitrogens with zero attached hydrogens (tertiary/aromatic N) is 1. The van der Waals surface area contributed by atoms with E-state index >= 15 is 0 Å². The Morgan fingerprint density at radius 2 is 1.79 bits per heavy atom. The smallest absolute Gasteiger partial charge is 0.266 e. The van der Waals surface area contributed by atoms with Crippen molar-refractivity contribution in [3.8, 4) is 23.3 Å². The lowest BCUT2D eigenvalue weighted by atomic mass is 10.1. The molecule has 0 saturated heterocycles. The lowest BCUT2D eigenvalue weighted by molar-refractivity contribution is -0.112. The molecule has 33 heavy (non-hydrogen) atoms. The Kier molecular flexibility index (Phi) is 8.34. The lowest BCUT2D eigenvalue weighted by Gasteiger charge is -2.12. The summed E-state index contributed by atoms with van der Waals surface area (Å²) < 4.78 is 16.6. The maximum atomic E-state index is 12.7. The van der Waals surface area contributed by atoms with Crippen molar-refractivity contribution < 1.29 is 19.0 Å². The van der Waals surface area contributed by atoms with E-state index in [0.717, 1.165) is 5.56 Å². The number of benzene rings is 3. The SMILES string of the molecule is CCOc1cc(/C=C(\C#N)C(=O)Nc2ccc(OCc3ccccc3)cc2)c(Cl)cc1OC. The molecule has 0 spiro atoms. The van der Waals surface area contributed by atoms with Gasteiger partial charge in [0.2, 0.25) is 0 Å². The summed E-state index contributed by atoms with van der Waals surface area (Å²) in [5.74, 6) is 1.05. The number of nitrogens with one attached hydrogen (secondary N) is 1. The third-order valence-corrected chi connectivity index (χ3v) is 4.94. The van der Waals surface area contributed by atoms with Gasteiger partial charge in [-0.2, -0.15) is 5.26 Å². The minimum absolute atomic E-state index is 0.103. The molecule has 0 unspecified atom stereocenters. The summed E-state index contributed by atoms with van der Waals surface area (Å²) in [5, 5.41) is 12.6. The highest BCUT2D eigenvalue weighted by Gasteiger charge is 2.14. The van der Waals surface area contributed by atoms with Crippen molar-refractivity contribution in [2.75, 3.05) is 19.0 Å². The van der Waals surface area contributed by atoms with Crippen LogP contribution in [0, 0.1) is 11.3 Å². The number of nitriles is 1. The number of carbonyl (C=O) groups is 1. The van der Waals surface area contributed by atoms with Gasteiger partial charge in [0.1, 0.15) is 24.0 Å². The molecule has 1 N–H and O–H groups in total. The highest BCUT2D eigenvalue weighted by molar-refractivity contribution is 6.32. The predicted octanol–water partition coefficient (Wildman–Crippen LogP) is 5.87. The largest absolute Gasteiger partial charge is 0.493 e. The molecule has 1 amide bonds. The van der Waals surface area contributed by atoms with Crippen LogP contribution in [0.15, 0.2) is 72.3 Å². The van der Waals surface area contributed by atoms with Gasteiger partial charge in [0.05, 0.1) is 18.7 Å². The number of anilines is 1. The van der Waals surface area contributed by atoms with Crippen LogP contribution in [0.25, 0.3) is 6.08 Å². The fourth-order valence-corrected chi connectivity index (χ4v) is 3.18. The minimum Gasteiger partial charge on any atom is -0.493 e. The number of ether oxygens (including phenoxy) is 3. The topological polar surface area (TPSA) is 80.6 Å². The Balaban J connectivity index is 1.70. The highest BCUT2D eigenvalue weighted by atomic mass is 35.5. The van der Waals surface area contributed by atoms with Crippen molar-refractivity contribution in [1.82, 2.24) is 0 Å². The molecule has 3 rings (SSSR count). The molecule has 0 aliphatic carbocycles. The minimum atomic E-state index is -0.555. The van der Waals surface area contributed by atoms with Crippen LogP contribution in [0.2, 0.25) is 5.02 Å². The average molecular weight is 463 g/mol. The average Bonchev–Trinajstić information content (AvgIpc) is 2.84. The van der Waals surface area contributed by atoms with Crippen molar-refractivity contribution in [1.29, 1.82) is 5.26 Å². The van der Waals surface area contributed by atoms with Gasteiger partial charge in [0.25, 0.3) is 5.91 Å². The number of halogens is 1. The summed E-state index contributed by atoms with van der Waals surface area (Å²) in [6, 6.07) is 21.9. The van der Waals surface area contributed by atoms with E-state index in [9.17, 15) is 10.1 Å². The van der Waals surface area contributed by atoms with E-state index in [2.05, 4.69) is 5.32 Å². The number of carbonyl (C=O) groups excluding carboxylic acids is 1. The highest BCUT2D eigenvalue weighted by Crippen LogP contribution is 2.34. The van der Waals surface area contributed by atoms with E-state index in [0.29, 0.717) is 46.7 Å². The van der Waals surface area contributed by atoms with Crippen molar-refractivity contribution in [3.05, 3.63) is 88.5 Å². The van der Waals surface area contributed by atoms with Crippen LogP contribution in [0.3, 0.4) is 0 Å². The fraction of sp³-hybridized carbons (Fsp3) is 0.154. The van der Waals surface area contributed by atoms with Gasteiger partial charge >= 0.3 is 0 Å². The van der Waals surface area contributed by atoms with Gasteiger partial charge < -0.3 is 19.5 Å². The molecule has 0 fully saturated rings. The van der Waals surface area contributed by atoms with Crippen LogP contribution in [-0.4, -0.2) is 19.6 Å². The monoisotopic (exact) mass is 462 g/mol. The molecule has 3 aromatic rings. The zero-order valence-electron chi connectivity index (χ0n) is 18.3. The third-order valence-electron chi connectivity index (χ3n) is 4.61. The van der Waals surface area contributed by atoms with Crippen LogP contribution in [-0.2, 0) is 11.4 Å². The first-order chi connectivity index (χ1) is 16.0. The molecule has 0 aromatic heterocycles. The van der Waals surface area contributed by atoms with Gasteiger partial charge in [-0.25, -0.2) is 0 Å². The first kappa shape index (κ1) is 23.7. The van der Waals surface area contributed by atoms with E-state index in [-0.39, 0.29) is 5.57 Å². The van der Waals surface area contributed by atoms with E-state index in [4.69, 9.17) is 25.8 Å². The summed E-state index contributed by atoms with van der Waals surface area (Å²) in [7, 11) is 1.51. The van der Waals surface area contributed by atoms with Crippen LogP contribution in [0.5, 0.6) is 17.2 Å². The molecule has 0 radical (unpaired) electrons. The molecule has 168 valence electrons. The fourth-order valence-electron chi connectivity index (χ4n) is 2.97. The van der Waals surface area contributed by atoms with Crippen LogP contribution in [0.1, 0.15) is 18.1 Å². The van der Waals surface area contributed by atoms with E-state index < -0.39 is 5.91 Å². The van der Waals surface area contributed by atoms with Crippen molar-refractivity contribution in [2.45, 2.75) is 13.5 Å². The predicted molar refractivity (Wildman–Crippen MR) is 129 cm³/mol. The Hall–Kier alpha value is -3.95. The van der Waals surface area contributed by atoms with Gasteiger partial charge in [0.15, 0.2) is 11.5 Å². The molecular weight excluding hydrogens is 440 g/mol. The summed E-state index contributed by atoms with van der Waals surface area (Å²) in [6.07, 6.45) is 1.41. The quantitative estimate of drug-likeness (QED) is 0.317. The van der Waals surface area contributed by atoms with Crippen LogP contribution < -0.4 is 19.5 Å². The zero-order valence-corrected chi connectivity index (χ0v) is 19.1. The third kappa shape index (κ3) is 6.52. The number of hydrogen-bond donors (Lipinski definition) is 1. The standard InChI is InChI=1S/C26H23ClN2O4/c1-3-32-25-14-19(23(27)15-24(25)31-2)13-20(16-28)26(30)29-21-9-11-22(12-10-21)33-17-18-7-5-4-6-8-18/h4-15H,3,17H2,1-2H3,(H,29,30)/b20-13+. The van der Waals surface area contributed by atoms with Gasteiger partial charge in [-0.15, -0.1) is 0 Å². The Morgan fingerprint density at radius 1 is 1.06 bits per heavy atom. The molecule has 7 heteroatoms. The Labute approximate surface area is 198 Å². The van der Waals surface area contributed by atoms with Gasteiger partial charge in [-0.3, -0.25) is 4.79 Å². The van der Waals surface area contributed by atoms with Crippen LogP contribution >= 0.6 is 11.6 Å².